The molecule has 0 bridgehead atoms. The quantitative estimate of drug-likeness (QED) is 0.799. The second kappa shape index (κ2) is 5.85. The van der Waals surface area contributed by atoms with Crippen molar-refractivity contribution >= 4 is 16.8 Å². The molecule has 23 heavy (non-hydrogen) atoms. The molecule has 1 aliphatic heterocycles. The van der Waals surface area contributed by atoms with E-state index in [9.17, 15) is 4.79 Å². The van der Waals surface area contributed by atoms with Gasteiger partial charge >= 0.3 is 0 Å². The van der Waals surface area contributed by atoms with E-state index in [0.717, 1.165) is 23.0 Å². The van der Waals surface area contributed by atoms with E-state index in [2.05, 4.69) is 15.2 Å². The number of aromatic nitrogens is 3. The van der Waals surface area contributed by atoms with Crippen LogP contribution in [0.1, 0.15) is 18.7 Å². The second-order valence-corrected chi connectivity index (χ2v) is 5.45. The maximum atomic E-state index is 11.9. The van der Waals surface area contributed by atoms with Gasteiger partial charge in [0.1, 0.15) is 5.69 Å². The Balaban J connectivity index is 1.45. The molecule has 0 atom stereocenters. The van der Waals surface area contributed by atoms with E-state index in [-0.39, 0.29) is 5.91 Å². The van der Waals surface area contributed by atoms with Gasteiger partial charge in [-0.25, -0.2) is 5.06 Å². The Morgan fingerprint density at radius 1 is 1.30 bits per heavy atom. The molecule has 1 N–H and O–H groups in total. The first-order chi connectivity index (χ1) is 11.3. The van der Waals surface area contributed by atoms with E-state index < -0.39 is 0 Å². The van der Waals surface area contributed by atoms with Crippen LogP contribution < -0.4 is 0 Å². The summed E-state index contributed by atoms with van der Waals surface area (Å²) in [5.74, 6) is 0.833. The number of amides is 1. The van der Waals surface area contributed by atoms with Gasteiger partial charge in [-0.15, -0.1) is 10.2 Å². The molecule has 7 heteroatoms. The van der Waals surface area contributed by atoms with Gasteiger partial charge < -0.3 is 9.40 Å². The van der Waals surface area contributed by atoms with Crippen LogP contribution in [0.3, 0.4) is 0 Å². The number of nitrogens with zero attached hydrogens (tertiary/aromatic N) is 3. The minimum Gasteiger partial charge on any atom is -0.419 e. The molecule has 7 nitrogen and oxygen atoms in total. The van der Waals surface area contributed by atoms with Crippen LogP contribution in [0.15, 0.2) is 34.7 Å². The van der Waals surface area contributed by atoms with Crippen LogP contribution >= 0.6 is 0 Å². The lowest BCUT2D eigenvalue weighted by Crippen LogP contribution is -2.26. The molecule has 118 valence electrons. The van der Waals surface area contributed by atoms with Crippen molar-refractivity contribution in [1.82, 2.24) is 20.2 Å². The molecule has 1 amide bonds. The zero-order valence-corrected chi connectivity index (χ0v) is 12.5. The molecule has 0 aliphatic carbocycles. The maximum Gasteiger partial charge on any atom is 0.264 e. The Labute approximate surface area is 132 Å². The Morgan fingerprint density at radius 3 is 3.04 bits per heavy atom. The first-order valence-electron chi connectivity index (χ1n) is 7.63. The number of carbonyl (C=O) groups excluding carboxylic acids is 1. The monoisotopic (exact) mass is 312 g/mol. The van der Waals surface area contributed by atoms with Gasteiger partial charge in [-0.2, -0.15) is 0 Å². The minimum absolute atomic E-state index is 0.0483. The fraction of sp³-hybridized carbons (Fsp3) is 0.312. The minimum atomic E-state index is -0.0483. The second-order valence-electron chi connectivity index (χ2n) is 5.45. The number of aromatic amines is 1. The van der Waals surface area contributed by atoms with Crippen LogP contribution in [0, 0.1) is 0 Å². The van der Waals surface area contributed by atoms with Gasteiger partial charge in [0.25, 0.3) is 5.89 Å². The summed E-state index contributed by atoms with van der Waals surface area (Å²) in [6.07, 6.45) is 1.59. The van der Waals surface area contributed by atoms with Gasteiger partial charge in [0, 0.05) is 23.7 Å². The average Bonchev–Trinajstić information content (AvgIpc) is 3.31. The SMILES string of the molecule is O=C(CCc1nnc(-c2cc3ccccc3[nH]2)o1)N1CCCO1. The average molecular weight is 312 g/mol. The van der Waals surface area contributed by atoms with E-state index in [1.807, 2.05) is 30.3 Å². The number of benzene rings is 1. The molecule has 3 aromatic rings. The van der Waals surface area contributed by atoms with Crippen molar-refractivity contribution in [2.24, 2.45) is 0 Å². The lowest BCUT2D eigenvalue weighted by molar-refractivity contribution is -0.168. The van der Waals surface area contributed by atoms with Crippen LogP contribution in [-0.4, -0.2) is 39.3 Å². The summed E-state index contributed by atoms with van der Waals surface area (Å²) in [5, 5.41) is 10.6. The van der Waals surface area contributed by atoms with Gasteiger partial charge in [0.2, 0.25) is 11.8 Å². The third kappa shape index (κ3) is 2.83. The molecular weight excluding hydrogens is 296 g/mol. The fourth-order valence-electron chi connectivity index (χ4n) is 2.63. The molecule has 0 saturated carbocycles. The number of para-hydroxylation sites is 1. The summed E-state index contributed by atoms with van der Waals surface area (Å²) in [6.45, 7) is 1.26. The van der Waals surface area contributed by atoms with E-state index in [1.54, 1.807) is 0 Å². The third-order valence-corrected chi connectivity index (χ3v) is 3.81. The first-order valence-corrected chi connectivity index (χ1v) is 7.63. The van der Waals surface area contributed by atoms with E-state index in [0.29, 0.717) is 37.8 Å². The third-order valence-electron chi connectivity index (χ3n) is 3.81. The molecule has 0 spiro atoms. The number of fused-ring (bicyclic) bond motifs is 1. The smallest absolute Gasteiger partial charge is 0.264 e. The summed E-state index contributed by atoms with van der Waals surface area (Å²) in [6, 6.07) is 9.92. The zero-order valence-electron chi connectivity index (χ0n) is 12.5. The molecule has 0 unspecified atom stereocenters. The summed E-state index contributed by atoms with van der Waals surface area (Å²) in [7, 11) is 0. The number of rotatable bonds is 4. The molecular formula is C16H16N4O3. The predicted molar refractivity (Wildman–Crippen MR) is 82.2 cm³/mol. The van der Waals surface area contributed by atoms with E-state index in [1.165, 1.54) is 5.06 Å². The van der Waals surface area contributed by atoms with Crippen molar-refractivity contribution in [2.75, 3.05) is 13.2 Å². The highest BCUT2D eigenvalue weighted by Crippen LogP contribution is 2.23. The fourth-order valence-corrected chi connectivity index (χ4v) is 2.63. The Hall–Kier alpha value is -2.67. The summed E-state index contributed by atoms with van der Waals surface area (Å²) < 4.78 is 5.65. The van der Waals surface area contributed by atoms with Gasteiger partial charge in [-0.05, 0) is 18.6 Å². The zero-order chi connectivity index (χ0) is 15.6. The number of H-pyrrole nitrogens is 1. The van der Waals surface area contributed by atoms with Crippen molar-refractivity contribution in [1.29, 1.82) is 0 Å². The molecule has 1 saturated heterocycles. The summed E-state index contributed by atoms with van der Waals surface area (Å²) in [4.78, 5) is 20.4. The number of aryl methyl sites for hydroxylation is 1. The van der Waals surface area contributed by atoms with Gasteiger partial charge in [0.15, 0.2) is 0 Å². The lowest BCUT2D eigenvalue weighted by Gasteiger charge is -2.12. The molecule has 2 aromatic heterocycles. The molecule has 1 aliphatic rings. The van der Waals surface area contributed by atoms with Gasteiger partial charge in [-0.1, -0.05) is 18.2 Å². The molecule has 4 rings (SSSR count). The van der Waals surface area contributed by atoms with Gasteiger partial charge in [-0.3, -0.25) is 9.63 Å². The topological polar surface area (TPSA) is 84.2 Å². The van der Waals surface area contributed by atoms with Crippen LogP contribution in [0.5, 0.6) is 0 Å². The highest BCUT2D eigenvalue weighted by molar-refractivity contribution is 5.84. The number of hydroxylamine groups is 2. The first kappa shape index (κ1) is 14.0. The Kier molecular flexibility index (Phi) is 3.55. The molecule has 1 aromatic carbocycles. The largest absolute Gasteiger partial charge is 0.419 e. The maximum absolute atomic E-state index is 11.9. The van der Waals surface area contributed by atoms with E-state index >= 15 is 0 Å². The Bertz CT molecular complexity index is 800. The standard InChI is InChI=1S/C16H16N4O3/c21-15(20-8-3-9-22-20)7-6-14-18-19-16(23-14)13-10-11-4-1-2-5-12(11)17-13/h1-2,4-5,10,17H,3,6-9H2. The number of carbonyl (C=O) groups is 1. The summed E-state index contributed by atoms with van der Waals surface area (Å²) in [5.41, 5.74) is 1.79. The van der Waals surface area contributed by atoms with Gasteiger partial charge in [0.05, 0.1) is 13.2 Å². The van der Waals surface area contributed by atoms with Crippen LogP contribution in [0.25, 0.3) is 22.5 Å². The number of hydrogen-bond acceptors (Lipinski definition) is 5. The van der Waals surface area contributed by atoms with Crippen molar-refractivity contribution < 1.29 is 14.0 Å². The molecule has 0 radical (unpaired) electrons. The summed E-state index contributed by atoms with van der Waals surface area (Å²) >= 11 is 0. The number of hydrogen-bond donors (Lipinski definition) is 1. The highest BCUT2D eigenvalue weighted by Gasteiger charge is 2.20. The van der Waals surface area contributed by atoms with Crippen LogP contribution in [0.2, 0.25) is 0 Å². The Morgan fingerprint density at radius 2 is 2.22 bits per heavy atom. The van der Waals surface area contributed by atoms with Crippen LogP contribution in [0.4, 0.5) is 0 Å². The normalized spacial score (nSPS) is 14.7. The lowest BCUT2D eigenvalue weighted by atomic mass is 10.2. The van der Waals surface area contributed by atoms with Crippen molar-refractivity contribution in [3.63, 3.8) is 0 Å². The predicted octanol–water partition coefficient (Wildman–Crippen LogP) is 2.31. The van der Waals surface area contributed by atoms with Crippen molar-refractivity contribution in [3.05, 3.63) is 36.2 Å². The van der Waals surface area contributed by atoms with Crippen LogP contribution in [-0.2, 0) is 16.1 Å². The van der Waals surface area contributed by atoms with E-state index in [4.69, 9.17) is 9.25 Å². The molecule has 3 heterocycles. The highest BCUT2D eigenvalue weighted by atomic mass is 16.7. The number of nitrogens with one attached hydrogen (secondary N) is 1. The van der Waals surface area contributed by atoms with Crippen molar-refractivity contribution in [2.45, 2.75) is 19.3 Å². The molecule has 1 fully saturated rings. The van der Waals surface area contributed by atoms with Crippen molar-refractivity contribution in [3.8, 4) is 11.6 Å².